The summed E-state index contributed by atoms with van der Waals surface area (Å²) >= 11 is 6.28. The van der Waals surface area contributed by atoms with Crippen LogP contribution in [0.4, 0.5) is 0 Å². The zero-order valence-electron chi connectivity index (χ0n) is 11.6. The van der Waals surface area contributed by atoms with Crippen LogP contribution in [0.3, 0.4) is 0 Å². The molecule has 0 saturated heterocycles. The molecule has 0 fully saturated rings. The molecule has 0 aliphatic carbocycles. The maximum atomic E-state index is 6.28. The van der Waals surface area contributed by atoms with E-state index in [9.17, 15) is 0 Å². The molecule has 4 nitrogen and oxygen atoms in total. The second kappa shape index (κ2) is 6.08. The van der Waals surface area contributed by atoms with Gasteiger partial charge < -0.3 is 5.32 Å². The molecule has 1 atom stereocenters. The van der Waals surface area contributed by atoms with Crippen LogP contribution in [-0.2, 0) is 0 Å². The molecule has 0 amide bonds. The van der Waals surface area contributed by atoms with Gasteiger partial charge in [-0.25, -0.2) is 4.68 Å². The summed E-state index contributed by atoms with van der Waals surface area (Å²) in [6, 6.07) is 15.5. The van der Waals surface area contributed by atoms with Crippen molar-refractivity contribution >= 4 is 11.6 Å². The molecular weight excluding hydrogens is 284 g/mol. The van der Waals surface area contributed by atoms with E-state index in [1.165, 1.54) is 0 Å². The Morgan fingerprint density at radius 3 is 2.57 bits per heavy atom. The lowest BCUT2D eigenvalue weighted by Crippen LogP contribution is -2.22. The van der Waals surface area contributed by atoms with E-state index in [1.807, 2.05) is 60.3 Å². The van der Waals surface area contributed by atoms with Crippen molar-refractivity contribution in [2.75, 3.05) is 7.05 Å². The molecule has 5 heteroatoms. The molecular formula is C16H15ClN4. The first kappa shape index (κ1) is 13.8. The highest BCUT2D eigenvalue weighted by molar-refractivity contribution is 6.31. The van der Waals surface area contributed by atoms with E-state index in [4.69, 9.17) is 11.6 Å². The van der Waals surface area contributed by atoms with E-state index in [1.54, 1.807) is 12.4 Å². The molecule has 2 heterocycles. The number of para-hydroxylation sites is 1. The van der Waals surface area contributed by atoms with Gasteiger partial charge in [0.15, 0.2) is 0 Å². The summed E-state index contributed by atoms with van der Waals surface area (Å²) in [4.78, 5) is 4.40. The van der Waals surface area contributed by atoms with Crippen molar-refractivity contribution in [1.29, 1.82) is 0 Å². The first-order chi connectivity index (χ1) is 10.3. The molecule has 0 radical (unpaired) electrons. The van der Waals surface area contributed by atoms with Gasteiger partial charge in [-0.1, -0.05) is 29.8 Å². The van der Waals surface area contributed by atoms with Crippen molar-refractivity contribution < 1.29 is 0 Å². The summed E-state index contributed by atoms with van der Waals surface area (Å²) in [5.41, 5.74) is 2.79. The van der Waals surface area contributed by atoms with Crippen LogP contribution in [0.5, 0.6) is 0 Å². The van der Waals surface area contributed by atoms with Crippen molar-refractivity contribution in [2.24, 2.45) is 0 Å². The predicted molar refractivity (Wildman–Crippen MR) is 83.7 cm³/mol. The molecule has 1 unspecified atom stereocenters. The molecule has 21 heavy (non-hydrogen) atoms. The predicted octanol–water partition coefficient (Wildman–Crippen LogP) is 3.23. The minimum atomic E-state index is -0.124. The van der Waals surface area contributed by atoms with Gasteiger partial charge in [0.1, 0.15) is 0 Å². The van der Waals surface area contributed by atoms with Crippen LogP contribution in [-0.4, -0.2) is 21.8 Å². The molecule has 3 aromatic rings. The molecule has 106 valence electrons. The number of hydrogen-bond donors (Lipinski definition) is 1. The SMILES string of the molecule is CNC(c1ncccc1Cl)c1ccnn1-c1ccccc1. The zero-order valence-corrected chi connectivity index (χ0v) is 12.3. The lowest BCUT2D eigenvalue weighted by molar-refractivity contribution is 0.622. The smallest absolute Gasteiger partial charge is 0.0939 e. The average Bonchev–Trinajstić information content (AvgIpc) is 3.00. The highest BCUT2D eigenvalue weighted by atomic mass is 35.5. The number of rotatable bonds is 4. The Kier molecular flexibility index (Phi) is 3.99. The van der Waals surface area contributed by atoms with E-state index in [-0.39, 0.29) is 6.04 Å². The van der Waals surface area contributed by atoms with Gasteiger partial charge in [0.2, 0.25) is 0 Å². The second-order valence-corrected chi connectivity index (χ2v) is 5.00. The highest BCUT2D eigenvalue weighted by Gasteiger charge is 2.20. The first-order valence-corrected chi connectivity index (χ1v) is 7.06. The Bertz CT molecular complexity index is 724. The van der Waals surface area contributed by atoms with Crippen LogP contribution >= 0.6 is 11.6 Å². The number of nitrogens with zero attached hydrogens (tertiary/aromatic N) is 3. The Hall–Kier alpha value is -2.17. The number of benzene rings is 1. The maximum absolute atomic E-state index is 6.28. The molecule has 2 aromatic heterocycles. The van der Waals surface area contributed by atoms with Crippen molar-refractivity contribution in [3.05, 3.63) is 77.3 Å². The molecule has 1 aromatic carbocycles. The Morgan fingerprint density at radius 2 is 1.86 bits per heavy atom. The molecule has 0 aliphatic rings. The maximum Gasteiger partial charge on any atom is 0.0939 e. The molecule has 0 saturated carbocycles. The van der Waals surface area contributed by atoms with Crippen LogP contribution in [0.15, 0.2) is 60.9 Å². The minimum absolute atomic E-state index is 0.124. The van der Waals surface area contributed by atoms with Crippen LogP contribution in [0.25, 0.3) is 5.69 Å². The summed E-state index contributed by atoms with van der Waals surface area (Å²) < 4.78 is 1.90. The topological polar surface area (TPSA) is 42.7 Å². The van der Waals surface area contributed by atoms with Crippen molar-refractivity contribution in [3.63, 3.8) is 0 Å². The first-order valence-electron chi connectivity index (χ1n) is 6.68. The fourth-order valence-electron chi connectivity index (χ4n) is 2.35. The number of nitrogens with one attached hydrogen (secondary N) is 1. The van der Waals surface area contributed by atoms with Gasteiger partial charge >= 0.3 is 0 Å². The number of pyridine rings is 1. The van der Waals surface area contributed by atoms with Gasteiger partial charge in [0.05, 0.1) is 28.1 Å². The third-order valence-corrected chi connectivity index (χ3v) is 3.64. The Labute approximate surface area is 128 Å². The van der Waals surface area contributed by atoms with E-state index < -0.39 is 0 Å². The van der Waals surface area contributed by atoms with Crippen LogP contribution in [0.2, 0.25) is 5.02 Å². The highest BCUT2D eigenvalue weighted by Crippen LogP contribution is 2.27. The zero-order chi connectivity index (χ0) is 14.7. The van der Waals surface area contributed by atoms with Crippen molar-refractivity contribution in [3.8, 4) is 5.69 Å². The molecule has 3 rings (SSSR count). The monoisotopic (exact) mass is 298 g/mol. The molecule has 0 spiro atoms. The summed E-state index contributed by atoms with van der Waals surface area (Å²) in [6.07, 6.45) is 3.53. The van der Waals surface area contributed by atoms with Crippen LogP contribution < -0.4 is 5.32 Å². The Morgan fingerprint density at radius 1 is 1.05 bits per heavy atom. The second-order valence-electron chi connectivity index (χ2n) is 4.60. The fraction of sp³-hybridized carbons (Fsp3) is 0.125. The van der Waals surface area contributed by atoms with Gasteiger partial charge in [-0.05, 0) is 37.4 Å². The van der Waals surface area contributed by atoms with E-state index in [0.717, 1.165) is 17.1 Å². The molecule has 1 N–H and O–H groups in total. The molecule has 0 aliphatic heterocycles. The Balaban J connectivity index is 2.08. The standard InChI is InChI=1S/C16H15ClN4/c1-18-16(15-13(17)8-5-10-19-15)14-9-11-20-21(14)12-6-3-2-4-7-12/h2-11,16,18H,1H3. The molecule has 0 bridgehead atoms. The normalized spacial score (nSPS) is 12.3. The minimum Gasteiger partial charge on any atom is -0.307 e. The summed E-state index contributed by atoms with van der Waals surface area (Å²) in [5.74, 6) is 0. The van der Waals surface area contributed by atoms with Gasteiger partial charge in [-0.15, -0.1) is 0 Å². The summed E-state index contributed by atoms with van der Waals surface area (Å²) in [5, 5.41) is 8.32. The van der Waals surface area contributed by atoms with Crippen LogP contribution in [0, 0.1) is 0 Å². The summed E-state index contributed by atoms with van der Waals surface area (Å²) in [7, 11) is 1.89. The fourth-order valence-corrected chi connectivity index (χ4v) is 2.58. The van der Waals surface area contributed by atoms with Gasteiger partial charge in [0.25, 0.3) is 0 Å². The van der Waals surface area contributed by atoms with Crippen LogP contribution in [0.1, 0.15) is 17.4 Å². The van der Waals surface area contributed by atoms with Gasteiger partial charge in [-0.3, -0.25) is 4.98 Å². The lowest BCUT2D eigenvalue weighted by atomic mass is 10.1. The third-order valence-electron chi connectivity index (χ3n) is 3.32. The van der Waals surface area contributed by atoms with Crippen molar-refractivity contribution in [2.45, 2.75) is 6.04 Å². The number of aromatic nitrogens is 3. The number of hydrogen-bond acceptors (Lipinski definition) is 3. The average molecular weight is 299 g/mol. The number of halogens is 1. The third kappa shape index (κ3) is 2.68. The summed E-state index contributed by atoms with van der Waals surface area (Å²) in [6.45, 7) is 0. The van der Waals surface area contributed by atoms with E-state index >= 15 is 0 Å². The van der Waals surface area contributed by atoms with Gasteiger partial charge in [0, 0.05) is 12.4 Å². The van der Waals surface area contributed by atoms with E-state index in [0.29, 0.717) is 5.02 Å². The van der Waals surface area contributed by atoms with E-state index in [2.05, 4.69) is 15.4 Å². The van der Waals surface area contributed by atoms with Gasteiger partial charge in [-0.2, -0.15) is 5.10 Å². The largest absolute Gasteiger partial charge is 0.307 e. The quantitative estimate of drug-likeness (QED) is 0.804. The van der Waals surface area contributed by atoms with Crippen molar-refractivity contribution in [1.82, 2.24) is 20.1 Å². The lowest BCUT2D eigenvalue weighted by Gasteiger charge is -2.18.